The number of fused-ring (bicyclic) bond motifs is 2. The molecule has 2 fully saturated rings. The molecule has 2 atom stereocenters. The van der Waals surface area contributed by atoms with Crippen molar-refractivity contribution in [3.8, 4) is 0 Å². The molecule has 2 aliphatic rings. The third kappa shape index (κ3) is 2.83. The predicted molar refractivity (Wildman–Crippen MR) is 93.5 cm³/mol. The number of piperidine rings is 1. The van der Waals surface area contributed by atoms with E-state index in [1.54, 1.807) is 5.56 Å². The maximum absolute atomic E-state index is 4.51. The molecule has 3 heteroatoms. The van der Waals surface area contributed by atoms with Crippen LogP contribution in [0.3, 0.4) is 0 Å². The molecule has 122 valence electrons. The van der Waals surface area contributed by atoms with E-state index in [0.29, 0.717) is 0 Å². The third-order valence-corrected chi connectivity index (χ3v) is 5.90. The van der Waals surface area contributed by atoms with Crippen LogP contribution >= 0.6 is 0 Å². The predicted octanol–water partition coefficient (Wildman–Crippen LogP) is 3.95. The van der Waals surface area contributed by atoms with Crippen molar-refractivity contribution in [2.24, 2.45) is 7.05 Å². The zero-order valence-corrected chi connectivity index (χ0v) is 14.5. The molecule has 0 spiro atoms. The lowest BCUT2D eigenvalue weighted by atomic mass is 9.84. The molecule has 3 nitrogen and oxygen atoms in total. The van der Waals surface area contributed by atoms with Gasteiger partial charge in [0.2, 0.25) is 0 Å². The highest BCUT2D eigenvalue weighted by molar-refractivity contribution is 5.26. The zero-order valence-electron chi connectivity index (χ0n) is 14.5. The minimum absolute atomic E-state index is 0.749. The molecule has 0 radical (unpaired) electrons. The van der Waals surface area contributed by atoms with E-state index in [-0.39, 0.29) is 0 Å². The van der Waals surface area contributed by atoms with Crippen LogP contribution in [0.1, 0.15) is 54.0 Å². The maximum atomic E-state index is 4.51. The summed E-state index contributed by atoms with van der Waals surface area (Å²) < 4.78 is 1.95. The van der Waals surface area contributed by atoms with Gasteiger partial charge in [-0.15, -0.1) is 0 Å². The van der Waals surface area contributed by atoms with Gasteiger partial charge >= 0.3 is 0 Å². The van der Waals surface area contributed by atoms with E-state index in [9.17, 15) is 0 Å². The van der Waals surface area contributed by atoms with Gasteiger partial charge in [0.05, 0.1) is 5.69 Å². The van der Waals surface area contributed by atoms with Crippen LogP contribution in [-0.2, 0) is 13.6 Å². The standard InChI is InChI=1S/C20H27N3/c1-14-4-6-16(7-5-14)17-10-19-8-9-20(11-17)23(19)13-18-12-22(3)21-15(18)2/h4-7,12,17,19-20H,8-11,13H2,1-3H3/t19-,20-/m1/s1. The maximum Gasteiger partial charge on any atom is 0.0638 e. The summed E-state index contributed by atoms with van der Waals surface area (Å²) in [5, 5.41) is 4.51. The molecule has 23 heavy (non-hydrogen) atoms. The number of aryl methyl sites for hydroxylation is 3. The summed E-state index contributed by atoms with van der Waals surface area (Å²) in [5.74, 6) is 0.749. The van der Waals surface area contributed by atoms with E-state index in [1.165, 1.54) is 42.5 Å². The molecule has 2 aromatic rings. The second kappa shape index (κ2) is 5.79. The largest absolute Gasteiger partial charge is 0.293 e. The summed E-state index contributed by atoms with van der Waals surface area (Å²) >= 11 is 0. The fraction of sp³-hybridized carbons (Fsp3) is 0.550. The lowest BCUT2D eigenvalue weighted by Crippen LogP contribution is -2.41. The summed E-state index contributed by atoms with van der Waals surface area (Å²) in [6.07, 6.45) is 7.57. The summed E-state index contributed by atoms with van der Waals surface area (Å²) in [6, 6.07) is 10.7. The van der Waals surface area contributed by atoms with Gasteiger partial charge in [-0.25, -0.2) is 0 Å². The van der Waals surface area contributed by atoms with Gasteiger partial charge < -0.3 is 0 Å². The van der Waals surface area contributed by atoms with E-state index in [4.69, 9.17) is 0 Å². The first-order valence-corrected chi connectivity index (χ1v) is 8.91. The second-order valence-corrected chi connectivity index (χ2v) is 7.55. The highest BCUT2D eigenvalue weighted by Crippen LogP contribution is 2.43. The lowest BCUT2D eigenvalue weighted by molar-refractivity contribution is 0.118. The van der Waals surface area contributed by atoms with Crippen LogP contribution in [-0.4, -0.2) is 26.8 Å². The molecule has 0 N–H and O–H groups in total. The van der Waals surface area contributed by atoms with Crippen LogP contribution in [0, 0.1) is 13.8 Å². The molecule has 4 rings (SSSR count). The van der Waals surface area contributed by atoms with E-state index in [2.05, 4.69) is 54.3 Å². The van der Waals surface area contributed by atoms with Crippen LogP contribution in [0.5, 0.6) is 0 Å². The minimum Gasteiger partial charge on any atom is -0.293 e. The second-order valence-electron chi connectivity index (χ2n) is 7.55. The summed E-state index contributed by atoms with van der Waals surface area (Å²) in [5.41, 5.74) is 5.50. The molecule has 2 bridgehead atoms. The molecular formula is C20H27N3. The summed E-state index contributed by atoms with van der Waals surface area (Å²) in [6.45, 7) is 5.39. The molecule has 0 aliphatic carbocycles. The van der Waals surface area contributed by atoms with Crippen molar-refractivity contribution in [2.45, 2.75) is 64.1 Å². The normalized spacial score (nSPS) is 27.5. The molecule has 1 aromatic heterocycles. The Labute approximate surface area is 139 Å². The highest BCUT2D eigenvalue weighted by Gasteiger charge is 2.41. The first-order chi connectivity index (χ1) is 11.1. The van der Waals surface area contributed by atoms with E-state index >= 15 is 0 Å². The van der Waals surface area contributed by atoms with Gasteiger partial charge in [-0.2, -0.15) is 5.10 Å². The SMILES string of the molecule is Cc1ccc(C2C[C@H]3CC[C@H](C2)N3Cc2cn(C)nc2C)cc1. The van der Waals surface area contributed by atoms with Gasteiger partial charge in [0, 0.05) is 37.4 Å². The van der Waals surface area contributed by atoms with Gasteiger partial charge in [-0.05, 0) is 51.0 Å². The van der Waals surface area contributed by atoms with Crippen molar-refractivity contribution in [1.29, 1.82) is 0 Å². The number of aromatic nitrogens is 2. The lowest BCUT2D eigenvalue weighted by Gasteiger charge is -2.39. The van der Waals surface area contributed by atoms with E-state index in [1.807, 2.05) is 11.7 Å². The quantitative estimate of drug-likeness (QED) is 0.856. The number of benzene rings is 1. The molecular weight excluding hydrogens is 282 g/mol. The Balaban J connectivity index is 1.49. The first-order valence-electron chi connectivity index (χ1n) is 8.91. The molecule has 2 saturated heterocycles. The minimum atomic E-state index is 0.749. The third-order valence-electron chi connectivity index (χ3n) is 5.90. The number of hydrogen-bond acceptors (Lipinski definition) is 2. The molecule has 1 aromatic carbocycles. The number of rotatable bonds is 3. The number of hydrogen-bond donors (Lipinski definition) is 0. The summed E-state index contributed by atoms with van der Waals surface area (Å²) in [4.78, 5) is 2.76. The van der Waals surface area contributed by atoms with Crippen molar-refractivity contribution in [2.75, 3.05) is 0 Å². The van der Waals surface area contributed by atoms with Crippen LogP contribution < -0.4 is 0 Å². The molecule has 3 heterocycles. The Morgan fingerprint density at radius 2 is 1.70 bits per heavy atom. The van der Waals surface area contributed by atoms with E-state index < -0.39 is 0 Å². The van der Waals surface area contributed by atoms with Gasteiger partial charge in [-0.1, -0.05) is 29.8 Å². The average Bonchev–Trinajstić information content (AvgIpc) is 2.95. The number of nitrogens with zero attached hydrogens (tertiary/aromatic N) is 3. The Morgan fingerprint density at radius 3 is 2.26 bits per heavy atom. The topological polar surface area (TPSA) is 21.1 Å². The average molecular weight is 309 g/mol. The van der Waals surface area contributed by atoms with Crippen molar-refractivity contribution in [1.82, 2.24) is 14.7 Å². The van der Waals surface area contributed by atoms with Crippen LogP contribution in [0.25, 0.3) is 0 Å². The molecule has 2 aliphatic heterocycles. The molecule has 0 saturated carbocycles. The fourth-order valence-corrected chi connectivity index (χ4v) is 4.64. The highest BCUT2D eigenvalue weighted by atomic mass is 15.3. The van der Waals surface area contributed by atoms with Crippen molar-refractivity contribution in [3.05, 3.63) is 52.8 Å². The fourth-order valence-electron chi connectivity index (χ4n) is 4.64. The van der Waals surface area contributed by atoms with Crippen molar-refractivity contribution < 1.29 is 0 Å². The van der Waals surface area contributed by atoms with Gasteiger partial charge in [-0.3, -0.25) is 9.58 Å². The molecule has 0 unspecified atom stereocenters. The Bertz CT molecular complexity index is 671. The Morgan fingerprint density at radius 1 is 1.04 bits per heavy atom. The van der Waals surface area contributed by atoms with Crippen LogP contribution in [0.4, 0.5) is 0 Å². The Kier molecular flexibility index (Phi) is 3.76. The van der Waals surface area contributed by atoms with Gasteiger partial charge in [0.1, 0.15) is 0 Å². The van der Waals surface area contributed by atoms with Gasteiger partial charge in [0.15, 0.2) is 0 Å². The zero-order chi connectivity index (χ0) is 16.0. The van der Waals surface area contributed by atoms with Crippen molar-refractivity contribution in [3.63, 3.8) is 0 Å². The molecule has 0 amide bonds. The van der Waals surface area contributed by atoms with Crippen LogP contribution in [0.2, 0.25) is 0 Å². The van der Waals surface area contributed by atoms with Crippen LogP contribution in [0.15, 0.2) is 30.5 Å². The summed E-state index contributed by atoms with van der Waals surface area (Å²) in [7, 11) is 2.02. The smallest absolute Gasteiger partial charge is 0.0638 e. The first kappa shape index (κ1) is 14.9. The van der Waals surface area contributed by atoms with Crippen molar-refractivity contribution >= 4 is 0 Å². The Hall–Kier alpha value is -1.61. The monoisotopic (exact) mass is 309 g/mol. The van der Waals surface area contributed by atoms with Gasteiger partial charge in [0.25, 0.3) is 0 Å². The van der Waals surface area contributed by atoms with E-state index in [0.717, 1.165) is 24.5 Å².